The van der Waals surface area contributed by atoms with Crippen LogP contribution >= 0.6 is 11.6 Å². The third kappa shape index (κ3) is 4.29. The van der Waals surface area contributed by atoms with E-state index < -0.39 is 35.6 Å². The molecule has 2 aromatic carbocycles. The van der Waals surface area contributed by atoms with E-state index in [0.29, 0.717) is 18.1 Å². The van der Waals surface area contributed by atoms with Crippen molar-refractivity contribution in [3.05, 3.63) is 63.9 Å². The van der Waals surface area contributed by atoms with Gasteiger partial charge in [-0.3, -0.25) is 9.69 Å². The van der Waals surface area contributed by atoms with Crippen molar-refractivity contribution in [1.82, 2.24) is 4.90 Å². The molecule has 1 heterocycles. The van der Waals surface area contributed by atoms with Crippen LogP contribution in [0, 0.1) is 5.82 Å². The van der Waals surface area contributed by atoms with Crippen LogP contribution in [0.1, 0.15) is 22.7 Å². The Bertz CT molecular complexity index is 965. The Labute approximate surface area is 168 Å². The molecule has 1 N–H and O–H groups in total. The first-order chi connectivity index (χ1) is 13.6. The Morgan fingerprint density at radius 3 is 2.59 bits per heavy atom. The lowest BCUT2D eigenvalue weighted by molar-refractivity contribution is -0.137. The summed E-state index contributed by atoms with van der Waals surface area (Å²) in [7, 11) is 1.13. The number of ether oxygens (including phenoxy) is 1. The van der Waals surface area contributed by atoms with Crippen molar-refractivity contribution < 1.29 is 31.9 Å². The summed E-state index contributed by atoms with van der Waals surface area (Å²) >= 11 is 5.93. The van der Waals surface area contributed by atoms with Crippen molar-refractivity contribution in [1.29, 1.82) is 0 Å². The SMILES string of the molecule is COC(=O)N1CCc2ccc(F)cc2[C@@H]1C(=O)Nc1cc(C(F)(F)F)ccc1Cl. The van der Waals surface area contributed by atoms with Crippen LogP contribution < -0.4 is 5.32 Å². The van der Waals surface area contributed by atoms with Gasteiger partial charge in [-0.25, -0.2) is 9.18 Å². The molecule has 0 unspecified atom stereocenters. The Kier molecular flexibility index (Phi) is 5.70. The third-order valence-corrected chi connectivity index (χ3v) is 4.87. The molecule has 2 amide bonds. The van der Waals surface area contributed by atoms with E-state index >= 15 is 0 Å². The van der Waals surface area contributed by atoms with Crippen molar-refractivity contribution in [2.24, 2.45) is 0 Å². The normalized spacial score (nSPS) is 16.2. The molecule has 29 heavy (non-hydrogen) atoms. The first kappa shape index (κ1) is 20.9. The fourth-order valence-corrected chi connectivity index (χ4v) is 3.35. The summed E-state index contributed by atoms with van der Waals surface area (Å²) < 4.78 is 57.4. The number of amides is 2. The summed E-state index contributed by atoms with van der Waals surface area (Å²) in [5.74, 6) is -1.46. The number of hydrogen-bond donors (Lipinski definition) is 1. The van der Waals surface area contributed by atoms with Gasteiger partial charge in [0.05, 0.1) is 23.4 Å². The van der Waals surface area contributed by atoms with Crippen molar-refractivity contribution in [3.63, 3.8) is 0 Å². The molecule has 0 spiro atoms. The predicted octanol–water partition coefficient (Wildman–Crippen LogP) is 4.80. The van der Waals surface area contributed by atoms with E-state index in [4.69, 9.17) is 16.3 Å². The van der Waals surface area contributed by atoms with Gasteiger partial charge in [-0.2, -0.15) is 13.2 Å². The molecule has 2 aromatic rings. The van der Waals surface area contributed by atoms with E-state index in [2.05, 4.69) is 5.32 Å². The van der Waals surface area contributed by atoms with Crippen LogP contribution in [0.2, 0.25) is 5.02 Å². The smallest absolute Gasteiger partial charge is 0.416 e. The number of methoxy groups -OCH3 is 1. The van der Waals surface area contributed by atoms with Gasteiger partial charge in [0.15, 0.2) is 0 Å². The molecule has 0 saturated carbocycles. The molecule has 0 bridgehead atoms. The summed E-state index contributed by atoms with van der Waals surface area (Å²) in [5.41, 5.74) is -0.416. The molecule has 0 aliphatic carbocycles. The van der Waals surface area contributed by atoms with Gasteiger partial charge < -0.3 is 10.1 Å². The van der Waals surface area contributed by atoms with Crippen LogP contribution in [0.4, 0.5) is 28.0 Å². The minimum Gasteiger partial charge on any atom is -0.453 e. The van der Waals surface area contributed by atoms with Gasteiger partial charge in [0.2, 0.25) is 0 Å². The lowest BCUT2D eigenvalue weighted by Gasteiger charge is -2.35. The molecule has 1 aliphatic rings. The van der Waals surface area contributed by atoms with E-state index in [1.54, 1.807) is 0 Å². The molecule has 0 saturated heterocycles. The number of anilines is 1. The number of alkyl halides is 3. The zero-order valence-corrected chi connectivity index (χ0v) is 15.8. The molecule has 10 heteroatoms. The number of fused-ring (bicyclic) bond motifs is 1. The molecule has 1 aliphatic heterocycles. The molecule has 154 valence electrons. The summed E-state index contributed by atoms with van der Waals surface area (Å²) in [6.07, 6.45) is -5.10. The number of nitrogens with zero attached hydrogens (tertiary/aromatic N) is 1. The second-order valence-electron chi connectivity index (χ2n) is 6.34. The Balaban J connectivity index is 2.00. The maximum absolute atomic E-state index is 13.8. The Morgan fingerprint density at radius 2 is 1.93 bits per heavy atom. The highest BCUT2D eigenvalue weighted by Crippen LogP contribution is 2.36. The summed E-state index contributed by atoms with van der Waals surface area (Å²) in [5, 5.41) is 2.20. The van der Waals surface area contributed by atoms with Crippen molar-refractivity contribution >= 4 is 29.3 Å². The fraction of sp³-hybridized carbons (Fsp3) is 0.263. The van der Waals surface area contributed by atoms with Gasteiger partial charge in [-0.15, -0.1) is 0 Å². The molecular formula is C19H15ClF4N2O3. The molecule has 1 atom stereocenters. The number of halogens is 5. The van der Waals surface area contributed by atoms with Crippen molar-refractivity contribution in [2.75, 3.05) is 19.0 Å². The van der Waals surface area contributed by atoms with E-state index in [1.165, 1.54) is 12.1 Å². The first-order valence-electron chi connectivity index (χ1n) is 8.42. The van der Waals surface area contributed by atoms with Crippen molar-refractivity contribution in [3.8, 4) is 0 Å². The molecule has 0 fully saturated rings. The van der Waals surface area contributed by atoms with E-state index in [-0.39, 0.29) is 22.8 Å². The summed E-state index contributed by atoms with van der Waals surface area (Å²) in [6.45, 7) is 0.111. The molecular weight excluding hydrogens is 416 g/mol. The van der Waals surface area contributed by atoms with Gasteiger partial charge in [-0.1, -0.05) is 17.7 Å². The second-order valence-corrected chi connectivity index (χ2v) is 6.75. The number of carbonyl (C=O) groups is 2. The predicted molar refractivity (Wildman–Crippen MR) is 97.0 cm³/mol. The van der Waals surface area contributed by atoms with Gasteiger partial charge in [0.1, 0.15) is 11.9 Å². The van der Waals surface area contributed by atoms with Crippen LogP contribution in [0.5, 0.6) is 0 Å². The van der Waals surface area contributed by atoms with E-state index in [9.17, 15) is 27.2 Å². The maximum atomic E-state index is 13.8. The first-order valence-corrected chi connectivity index (χ1v) is 8.80. The highest BCUT2D eigenvalue weighted by molar-refractivity contribution is 6.33. The van der Waals surface area contributed by atoms with Crippen LogP contribution in [0.25, 0.3) is 0 Å². The van der Waals surface area contributed by atoms with Crippen molar-refractivity contribution in [2.45, 2.75) is 18.6 Å². The minimum atomic E-state index is -4.64. The molecule has 5 nitrogen and oxygen atoms in total. The number of hydrogen-bond acceptors (Lipinski definition) is 3. The van der Waals surface area contributed by atoms with E-state index in [1.807, 2.05) is 0 Å². The average Bonchev–Trinajstić information content (AvgIpc) is 2.67. The molecule has 0 aromatic heterocycles. The monoisotopic (exact) mass is 430 g/mol. The maximum Gasteiger partial charge on any atom is 0.416 e. The fourth-order valence-electron chi connectivity index (χ4n) is 3.18. The Hall–Kier alpha value is -2.81. The van der Waals surface area contributed by atoms with Crippen LogP contribution in [-0.2, 0) is 22.1 Å². The van der Waals surface area contributed by atoms with Crippen LogP contribution in [0.15, 0.2) is 36.4 Å². The van der Waals surface area contributed by atoms with Gasteiger partial charge in [0.25, 0.3) is 5.91 Å². The average molecular weight is 431 g/mol. The minimum absolute atomic E-state index is 0.111. The largest absolute Gasteiger partial charge is 0.453 e. The Morgan fingerprint density at radius 1 is 1.21 bits per heavy atom. The molecule has 3 rings (SSSR count). The van der Waals surface area contributed by atoms with Gasteiger partial charge in [-0.05, 0) is 47.9 Å². The highest BCUT2D eigenvalue weighted by Gasteiger charge is 2.37. The van der Waals surface area contributed by atoms with Gasteiger partial charge >= 0.3 is 12.3 Å². The van der Waals surface area contributed by atoms with E-state index in [0.717, 1.165) is 30.2 Å². The zero-order chi connectivity index (χ0) is 21.3. The van der Waals surface area contributed by atoms with Crippen LogP contribution in [-0.4, -0.2) is 30.6 Å². The second kappa shape index (κ2) is 7.90. The number of carbonyl (C=O) groups excluding carboxylic acids is 2. The number of nitrogens with one attached hydrogen (secondary N) is 1. The number of rotatable bonds is 2. The molecule has 0 radical (unpaired) electrons. The zero-order valence-electron chi connectivity index (χ0n) is 15.0. The van der Waals surface area contributed by atoms with Gasteiger partial charge in [0, 0.05) is 6.54 Å². The third-order valence-electron chi connectivity index (χ3n) is 4.55. The topological polar surface area (TPSA) is 58.6 Å². The summed E-state index contributed by atoms with van der Waals surface area (Å²) in [6, 6.07) is 5.02. The lowest BCUT2D eigenvalue weighted by Crippen LogP contribution is -2.45. The number of benzene rings is 2. The van der Waals surface area contributed by atoms with Crippen LogP contribution in [0.3, 0.4) is 0 Å². The summed E-state index contributed by atoms with van der Waals surface area (Å²) in [4.78, 5) is 26.2. The quantitative estimate of drug-likeness (QED) is 0.696. The standard InChI is InChI=1S/C19H15ClF4N2O3/c1-29-18(28)26-7-6-10-2-4-12(21)9-13(10)16(26)17(27)25-15-8-11(19(22,23)24)3-5-14(15)20/h2-5,8-9,16H,6-7H2,1H3,(H,25,27)/t16-/m1/s1. The lowest BCUT2D eigenvalue weighted by atomic mass is 9.92. The highest BCUT2D eigenvalue weighted by atomic mass is 35.5.